The molecule has 0 aliphatic heterocycles. The fourth-order valence-electron chi connectivity index (χ4n) is 1.38. The van der Waals surface area contributed by atoms with Gasteiger partial charge in [-0.3, -0.25) is 9.78 Å². The van der Waals surface area contributed by atoms with Gasteiger partial charge in [0.15, 0.2) is 5.82 Å². The minimum absolute atomic E-state index is 0.0237. The zero-order valence-electron chi connectivity index (χ0n) is 9.52. The van der Waals surface area contributed by atoms with Crippen molar-refractivity contribution in [1.29, 1.82) is 0 Å². The zero-order chi connectivity index (χ0) is 11.8. The van der Waals surface area contributed by atoms with Crippen molar-refractivity contribution in [3.63, 3.8) is 0 Å². The molecular formula is C11H18N4O. The highest BCUT2D eigenvalue weighted by Crippen LogP contribution is 2.10. The first-order valence-electron chi connectivity index (χ1n) is 5.48. The molecule has 1 atom stereocenters. The molecule has 1 rings (SSSR count). The van der Waals surface area contributed by atoms with Crippen LogP contribution in [0.3, 0.4) is 0 Å². The van der Waals surface area contributed by atoms with Crippen LogP contribution in [0.2, 0.25) is 0 Å². The number of nitrogens with two attached hydrogens (primary N) is 1. The normalized spacial score (nSPS) is 12.1. The summed E-state index contributed by atoms with van der Waals surface area (Å²) in [6.45, 7) is 2.77. The van der Waals surface area contributed by atoms with Crippen LogP contribution in [0, 0.1) is 5.92 Å². The van der Waals surface area contributed by atoms with E-state index in [0.29, 0.717) is 24.7 Å². The number of carbonyl (C=O) groups is 1. The van der Waals surface area contributed by atoms with E-state index in [4.69, 9.17) is 5.73 Å². The molecule has 1 unspecified atom stereocenters. The Morgan fingerprint density at radius 3 is 2.94 bits per heavy atom. The summed E-state index contributed by atoms with van der Waals surface area (Å²) < 4.78 is 0. The number of nitrogens with zero attached hydrogens (tertiary/aromatic N) is 2. The topological polar surface area (TPSA) is 80.9 Å². The Labute approximate surface area is 95.5 Å². The molecule has 5 heteroatoms. The molecule has 0 aromatic carbocycles. The third-order valence-corrected chi connectivity index (χ3v) is 2.35. The summed E-state index contributed by atoms with van der Waals surface area (Å²) in [6, 6.07) is 0. The predicted molar refractivity (Wildman–Crippen MR) is 62.7 cm³/mol. The molecule has 0 saturated heterocycles. The highest BCUT2D eigenvalue weighted by molar-refractivity contribution is 5.89. The Morgan fingerprint density at radius 2 is 2.31 bits per heavy atom. The molecule has 1 aromatic heterocycles. The van der Waals surface area contributed by atoms with Crippen LogP contribution in [0.25, 0.3) is 0 Å². The Kier molecular flexibility index (Phi) is 5.42. The van der Waals surface area contributed by atoms with Gasteiger partial charge in [-0.1, -0.05) is 6.92 Å². The van der Waals surface area contributed by atoms with Gasteiger partial charge < -0.3 is 11.1 Å². The van der Waals surface area contributed by atoms with Crippen LogP contribution in [0.4, 0.5) is 5.82 Å². The maximum absolute atomic E-state index is 11.5. The molecule has 16 heavy (non-hydrogen) atoms. The van der Waals surface area contributed by atoms with Gasteiger partial charge in [-0.05, 0) is 25.3 Å². The third-order valence-electron chi connectivity index (χ3n) is 2.35. The van der Waals surface area contributed by atoms with Crippen molar-refractivity contribution < 1.29 is 4.79 Å². The minimum atomic E-state index is -0.0237. The monoisotopic (exact) mass is 222 g/mol. The Bertz CT molecular complexity index is 315. The second-order valence-corrected chi connectivity index (χ2v) is 3.86. The molecule has 0 saturated carbocycles. The average molecular weight is 222 g/mol. The number of rotatable bonds is 6. The summed E-state index contributed by atoms with van der Waals surface area (Å²) in [5, 5.41) is 2.70. The second-order valence-electron chi connectivity index (χ2n) is 3.86. The summed E-state index contributed by atoms with van der Waals surface area (Å²) in [5.41, 5.74) is 5.44. The largest absolute Gasteiger partial charge is 0.330 e. The van der Waals surface area contributed by atoms with Crippen LogP contribution in [0.1, 0.15) is 26.2 Å². The van der Waals surface area contributed by atoms with Crippen molar-refractivity contribution in [2.24, 2.45) is 11.7 Å². The van der Waals surface area contributed by atoms with Crippen molar-refractivity contribution in [1.82, 2.24) is 9.97 Å². The molecule has 0 radical (unpaired) electrons. The number of aromatic nitrogens is 2. The molecule has 0 bridgehead atoms. The van der Waals surface area contributed by atoms with Crippen molar-refractivity contribution in [2.75, 3.05) is 11.9 Å². The third kappa shape index (κ3) is 4.84. The van der Waals surface area contributed by atoms with Gasteiger partial charge in [-0.15, -0.1) is 0 Å². The summed E-state index contributed by atoms with van der Waals surface area (Å²) in [7, 11) is 0. The van der Waals surface area contributed by atoms with Crippen LogP contribution in [0.15, 0.2) is 18.6 Å². The van der Waals surface area contributed by atoms with Gasteiger partial charge in [-0.2, -0.15) is 0 Å². The van der Waals surface area contributed by atoms with E-state index in [1.54, 1.807) is 12.4 Å². The quantitative estimate of drug-likeness (QED) is 0.757. The van der Waals surface area contributed by atoms with Gasteiger partial charge in [-0.25, -0.2) is 4.98 Å². The van der Waals surface area contributed by atoms with E-state index < -0.39 is 0 Å². The molecule has 88 valence electrons. The lowest BCUT2D eigenvalue weighted by molar-refractivity contribution is -0.116. The first-order valence-corrected chi connectivity index (χ1v) is 5.48. The zero-order valence-corrected chi connectivity index (χ0v) is 9.52. The van der Waals surface area contributed by atoms with E-state index in [-0.39, 0.29) is 5.91 Å². The van der Waals surface area contributed by atoms with E-state index in [2.05, 4.69) is 22.2 Å². The van der Waals surface area contributed by atoms with Gasteiger partial charge >= 0.3 is 0 Å². The van der Waals surface area contributed by atoms with Gasteiger partial charge in [0, 0.05) is 18.8 Å². The molecular weight excluding hydrogens is 204 g/mol. The standard InChI is InChI=1S/C11H18N4O/c1-9(4-5-12)2-3-11(16)15-10-8-13-6-7-14-10/h6-9H,2-5,12H2,1H3,(H,14,15,16). The van der Waals surface area contributed by atoms with Crippen molar-refractivity contribution in [3.8, 4) is 0 Å². The Hall–Kier alpha value is -1.49. The van der Waals surface area contributed by atoms with E-state index >= 15 is 0 Å². The molecule has 0 aliphatic carbocycles. The van der Waals surface area contributed by atoms with E-state index in [1.165, 1.54) is 6.20 Å². The number of hydrogen-bond donors (Lipinski definition) is 2. The summed E-state index contributed by atoms with van der Waals surface area (Å²) in [5.74, 6) is 0.959. The van der Waals surface area contributed by atoms with E-state index in [1.807, 2.05) is 0 Å². The fourth-order valence-corrected chi connectivity index (χ4v) is 1.38. The molecule has 1 amide bonds. The summed E-state index contributed by atoms with van der Waals surface area (Å²) in [4.78, 5) is 19.3. The lowest BCUT2D eigenvalue weighted by Crippen LogP contribution is -2.14. The molecule has 0 aliphatic rings. The van der Waals surface area contributed by atoms with E-state index in [9.17, 15) is 4.79 Å². The molecule has 0 spiro atoms. The van der Waals surface area contributed by atoms with E-state index in [0.717, 1.165) is 12.8 Å². The van der Waals surface area contributed by atoms with Gasteiger partial charge in [0.05, 0.1) is 6.20 Å². The van der Waals surface area contributed by atoms with Crippen molar-refractivity contribution in [3.05, 3.63) is 18.6 Å². The number of carbonyl (C=O) groups excluding carboxylic acids is 1. The van der Waals surface area contributed by atoms with Crippen LogP contribution in [-0.2, 0) is 4.79 Å². The predicted octanol–water partition coefficient (Wildman–Crippen LogP) is 1.18. The number of anilines is 1. The van der Waals surface area contributed by atoms with Crippen LogP contribution < -0.4 is 11.1 Å². The van der Waals surface area contributed by atoms with Gasteiger partial charge in [0.25, 0.3) is 0 Å². The minimum Gasteiger partial charge on any atom is -0.330 e. The fraction of sp³-hybridized carbons (Fsp3) is 0.545. The first kappa shape index (κ1) is 12.6. The second kappa shape index (κ2) is 6.90. The lowest BCUT2D eigenvalue weighted by Gasteiger charge is -2.09. The highest BCUT2D eigenvalue weighted by atomic mass is 16.1. The SMILES string of the molecule is CC(CCN)CCC(=O)Nc1cnccn1. The van der Waals surface area contributed by atoms with Crippen LogP contribution in [0.5, 0.6) is 0 Å². The Morgan fingerprint density at radius 1 is 1.50 bits per heavy atom. The highest BCUT2D eigenvalue weighted by Gasteiger charge is 2.06. The number of amides is 1. The lowest BCUT2D eigenvalue weighted by atomic mass is 10.0. The molecule has 1 heterocycles. The summed E-state index contributed by atoms with van der Waals surface area (Å²) in [6.07, 6.45) is 6.95. The molecule has 0 fully saturated rings. The van der Waals surface area contributed by atoms with Gasteiger partial charge in [0.2, 0.25) is 5.91 Å². The van der Waals surface area contributed by atoms with Crippen LogP contribution >= 0.6 is 0 Å². The maximum atomic E-state index is 11.5. The molecule has 5 nitrogen and oxygen atoms in total. The van der Waals surface area contributed by atoms with Crippen molar-refractivity contribution >= 4 is 11.7 Å². The van der Waals surface area contributed by atoms with Gasteiger partial charge in [0.1, 0.15) is 0 Å². The summed E-state index contributed by atoms with van der Waals surface area (Å²) >= 11 is 0. The maximum Gasteiger partial charge on any atom is 0.225 e. The van der Waals surface area contributed by atoms with Crippen molar-refractivity contribution in [2.45, 2.75) is 26.2 Å². The Balaban J connectivity index is 2.26. The molecule has 3 N–H and O–H groups in total. The number of hydrogen-bond acceptors (Lipinski definition) is 4. The molecule has 1 aromatic rings. The van der Waals surface area contributed by atoms with Crippen LogP contribution in [-0.4, -0.2) is 22.4 Å². The number of nitrogens with one attached hydrogen (secondary N) is 1. The first-order chi connectivity index (χ1) is 7.72. The average Bonchev–Trinajstić information content (AvgIpc) is 2.28. The smallest absolute Gasteiger partial charge is 0.225 e.